The van der Waals surface area contributed by atoms with Crippen LogP contribution < -0.4 is 16.1 Å². The van der Waals surface area contributed by atoms with Crippen molar-refractivity contribution in [2.24, 2.45) is 0 Å². The van der Waals surface area contributed by atoms with Crippen LogP contribution in [0.5, 0.6) is 0 Å². The Balaban J connectivity index is 2.12. The highest BCUT2D eigenvalue weighted by Crippen LogP contribution is 2.18. The van der Waals surface area contributed by atoms with Crippen LogP contribution >= 0.6 is 0 Å². The van der Waals surface area contributed by atoms with Crippen LogP contribution in [0, 0.1) is 0 Å². The molecule has 0 saturated carbocycles. The van der Waals surface area contributed by atoms with Crippen molar-refractivity contribution in [3.63, 3.8) is 0 Å². The molecule has 1 fully saturated rings. The van der Waals surface area contributed by atoms with Crippen LogP contribution in [0.25, 0.3) is 0 Å². The van der Waals surface area contributed by atoms with Gasteiger partial charge in [0, 0.05) is 0 Å². The maximum atomic E-state index is 12.1. The van der Waals surface area contributed by atoms with Crippen molar-refractivity contribution < 1.29 is 14.1 Å². The molecule has 1 heterocycles. The Morgan fingerprint density at radius 1 is 1.33 bits per heavy atom. The second-order valence-electron chi connectivity index (χ2n) is 4.54. The van der Waals surface area contributed by atoms with E-state index in [1.807, 2.05) is 20.0 Å². The van der Waals surface area contributed by atoms with Crippen LogP contribution in [0.3, 0.4) is 0 Å². The van der Waals surface area contributed by atoms with E-state index in [2.05, 4.69) is 10.6 Å². The number of nitrogens with one attached hydrogen (secondary N) is 2. The van der Waals surface area contributed by atoms with Crippen molar-refractivity contribution in [2.45, 2.75) is 17.4 Å². The van der Waals surface area contributed by atoms with Gasteiger partial charge in [-0.3, -0.25) is 10.1 Å². The topological polar surface area (TPSA) is 81.3 Å². The van der Waals surface area contributed by atoms with E-state index in [0.717, 1.165) is 5.46 Å². The Labute approximate surface area is 109 Å². The lowest BCUT2D eigenvalue weighted by molar-refractivity contribution is -0.122. The number of hydrogen-bond donors (Lipinski definition) is 2. The van der Waals surface area contributed by atoms with Crippen molar-refractivity contribution >= 4 is 36.4 Å². The van der Waals surface area contributed by atoms with Gasteiger partial charge in [0.2, 0.25) is 0 Å². The summed E-state index contributed by atoms with van der Waals surface area (Å²) in [5.74, 6) is -0.374. The maximum Gasteiger partial charge on any atom is 0.322 e. The summed E-state index contributed by atoms with van der Waals surface area (Å²) in [4.78, 5) is 23.3. The number of rotatable bonds is 3. The number of carbonyl (C=O) groups excluding carboxylic acids is 2. The molecule has 1 aliphatic rings. The van der Waals surface area contributed by atoms with Gasteiger partial charge in [0.05, 0.1) is 0 Å². The van der Waals surface area contributed by atoms with Crippen LogP contribution in [0.2, 0.25) is 0 Å². The van der Waals surface area contributed by atoms with Crippen LogP contribution in [-0.4, -0.2) is 35.6 Å². The molecule has 2 atom stereocenters. The highest BCUT2D eigenvalue weighted by molar-refractivity contribution is 7.91. The SMILES string of the molecule is Bc1ccc([S+]([O-])CC2(C)NC(=O)NC2=O)cc1. The average Bonchev–Trinajstić information content (AvgIpc) is 2.53. The monoisotopic (exact) mass is 264 g/mol. The Bertz CT molecular complexity index is 494. The summed E-state index contributed by atoms with van der Waals surface area (Å²) in [7, 11) is 1.94. The molecule has 0 spiro atoms. The smallest absolute Gasteiger partial charge is 0.322 e. The lowest BCUT2D eigenvalue weighted by Crippen LogP contribution is -2.49. The molecular formula is C11H13BN2O3S. The van der Waals surface area contributed by atoms with Gasteiger partial charge < -0.3 is 9.87 Å². The van der Waals surface area contributed by atoms with Crippen LogP contribution in [0.1, 0.15) is 6.92 Å². The zero-order valence-electron chi connectivity index (χ0n) is 10.1. The molecule has 2 unspecified atom stereocenters. The fourth-order valence-corrected chi connectivity index (χ4v) is 3.05. The molecule has 1 saturated heterocycles. The van der Waals surface area contributed by atoms with Crippen LogP contribution in [-0.2, 0) is 16.0 Å². The van der Waals surface area contributed by atoms with Crippen molar-refractivity contribution in [3.8, 4) is 0 Å². The molecule has 1 aromatic rings. The second-order valence-corrected chi connectivity index (χ2v) is 5.99. The quantitative estimate of drug-likeness (QED) is 0.402. The Kier molecular flexibility index (Phi) is 3.36. The van der Waals surface area contributed by atoms with E-state index in [0.29, 0.717) is 4.90 Å². The van der Waals surface area contributed by atoms with Crippen molar-refractivity contribution in [1.29, 1.82) is 0 Å². The molecule has 5 nitrogen and oxygen atoms in total. The first kappa shape index (κ1) is 13.0. The zero-order chi connectivity index (χ0) is 13.3. The van der Waals surface area contributed by atoms with E-state index in [1.165, 1.54) is 0 Å². The number of carbonyl (C=O) groups is 2. The summed E-state index contributed by atoms with van der Waals surface area (Å²) in [5, 5.41) is 4.65. The minimum absolute atomic E-state index is 0.0631. The molecule has 1 aliphatic heterocycles. The Hall–Kier alpha value is -1.47. The normalized spacial score (nSPS) is 24.6. The minimum Gasteiger partial charge on any atom is -0.611 e. The predicted molar refractivity (Wildman–Crippen MR) is 71.0 cm³/mol. The van der Waals surface area contributed by atoms with Gasteiger partial charge >= 0.3 is 6.03 Å². The largest absolute Gasteiger partial charge is 0.611 e. The van der Waals surface area contributed by atoms with Crippen molar-refractivity contribution in [3.05, 3.63) is 24.3 Å². The number of benzene rings is 1. The third-order valence-corrected chi connectivity index (χ3v) is 4.46. The fraction of sp³-hybridized carbons (Fsp3) is 0.273. The summed E-state index contributed by atoms with van der Waals surface area (Å²) in [5.41, 5.74) is -0.0267. The minimum atomic E-state index is -1.33. The zero-order valence-corrected chi connectivity index (χ0v) is 11.0. The van der Waals surface area contributed by atoms with Crippen LogP contribution in [0.15, 0.2) is 29.2 Å². The summed E-state index contributed by atoms with van der Waals surface area (Å²) < 4.78 is 12.1. The first-order chi connectivity index (χ1) is 8.40. The van der Waals surface area contributed by atoms with E-state index in [9.17, 15) is 14.1 Å². The highest BCUT2D eigenvalue weighted by atomic mass is 32.2. The number of urea groups is 1. The van der Waals surface area contributed by atoms with E-state index in [-0.39, 0.29) is 5.75 Å². The van der Waals surface area contributed by atoms with E-state index < -0.39 is 28.7 Å². The summed E-state index contributed by atoms with van der Waals surface area (Å²) in [6.45, 7) is 1.57. The third kappa shape index (κ3) is 2.52. The molecule has 94 valence electrons. The number of hydrogen-bond acceptors (Lipinski definition) is 3. The molecule has 0 radical (unpaired) electrons. The first-order valence-electron chi connectivity index (χ1n) is 5.49. The Morgan fingerprint density at radius 2 is 1.94 bits per heavy atom. The number of imide groups is 1. The van der Waals surface area contributed by atoms with Gasteiger partial charge in [0.25, 0.3) is 5.91 Å². The van der Waals surface area contributed by atoms with Crippen molar-refractivity contribution in [1.82, 2.24) is 10.6 Å². The van der Waals surface area contributed by atoms with Gasteiger partial charge in [-0.25, -0.2) is 4.79 Å². The summed E-state index contributed by atoms with van der Waals surface area (Å²) in [6.07, 6.45) is 0. The Morgan fingerprint density at radius 3 is 2.44 bits per heavy atom. The molecule has 18 heavy (non-hydrogen) atoms. The fourth-order valence-electron chi connectivity index (χ4n) is 1.72. The maximum absolute atomic E-state index is 12.1. The van der Waals surface area contributed by atoms with E-state index in [1.54, 1.807) is 19.1 Å². The van der Waals surface area contributed by atoms with Crippen LogP contribution in [0.4, 0.5) is 4.79 Å². The first-order valence-corrected chi connectivity index (χ1v) is 6.81. The third-order valence-electron chi connectivity index (χ3n) is 2.82. The molecule has 1 aromatic carbocycles. The lowest BCUT2D eigenvalue weighted by atomic mass is 9.97. The predicted octanol–water partition coefficient (Wildman–Crippen LogP) is -1.35. The average molecular weight is 264 g/mol. The molecule has 2 rings (SSSR count). The van der Waals surface area contributed by atoms with Gasteiger partial charge in [0.1, 0.15) is 13.6 Å². The van der Waals surface area contributed by atoms with E-state index in [4.69, 9.17) is 0 Å². The molecular weight excluding hydrogens is 251 g/mol. The van der Waals surface area contributed by atoms with Crippen molar-refractivity contribution in [2.75, 3.05) is 5.75 Å². The molecule has 0 aliphatic carbocycles. The summed E-state index contributed by atoms with van der Waals surface area (Å²) in [6, 6.07) is 6.72. The molecule has 0 aromatic heterocycles. The standard InChI is InChI=1S/C11H13BN2O3S/c1-11(9(15)13-10(16)14-11)6-18(17)8-4-2-7(12)3-5-8/h2-5H,6,12H2,1H3,(H2,13,14,15,16). The molecule has 7 heteroatoms. The lowest BCUT2D eigenvalue weighted by Gasteiger charge is -2.22. The van der Waals surface area contributed by atoms with E-state index >= 15 is 0 Å². The summed E-state index contributed by atoms with van der Waals surface area (Å²) >= 11 is -1.33. The van der Waals surface area contributed by atoms with Gasteiger partial charge in [-0.05, 0) is 30.2 Å². The molecule has 0 bridgehead atoms. The highest BCUT2D eigenvalue weighted by Gasteiger charge is 2.45. The molecule has 2 N–H and O–H groups in total. The van der Waals surface area contributed by atoms with Gasteiger partial charge in [-0.1, -0.05) is 17.6 Å². The van der Waals surface area contributed by atoms with Gasteiger partial charge in [-0.2, -0.15) is 0 Å². The molecule has 3 amide bonds. The van der Waals surface area contributed by atoms with Gasteiger partial charge in [0.15, 0.2) is 10.4 Å². The number of amides is 3. The van der Waals surface area contributed by atoms with Gasteiger partial charge in [-0.15, -0.1) is 0 Å². The second kappa shape index (κ2) is 4.66.